The fourth-order valence-electron chi connectivity index (χ4n) is 2.77. The lowest BCUT2D eigenvalue weighted by atomic mass is 9.90. The molecule has 19 heavy (non-hydrogen) atoms. The van der Waals surface area contributed by atoms with E-state index in [9.17, 15) is 13.5 Å². The number of piperidine rings is 1. The lowest BCUT2D eigenvalue weighted by Crippen LogP contribution is -2.39. The summed E-state index contributed by atoms with van der Waals surface area (Å²) in [5.41, 5.74) is 1.20. The number of phenolic OH excluding ortho intramolecular Hbond substituents is 1. The van der Waals surface area contributed by atoms with Crippen LogP contribution < -0.4 is 0 Å². The summed E-state index contributed by atoms with van der Waals surface area (Å²) in [5, 5.41) is 9.18. The number of nitrogens with zero attached hydrogens (tertiary/aromatic N) is 1. The van der Waals surface area contributed by atoms with Crippen LogP contribution in [0.4, 0.5) is 0 Å². The number of hydrogen-bond donors (Lipinski definition) is 1. The second kappa shape index (κ2) is 4.80. The fraction of sp³-hybridized carbons (Fsp3) is 0.571. The minimum absolute atomic E-state index is 0.0993. The predicted molar refractivity (Wildman–Crippen MR) is 73.6 cm³/mol. The van der Waals surface area contributed by atoms with Gasteiger partial charge in [-0.3, -0.25) is 0 Å². The van der Waals surface area contributed by atoms with Crippen LogP contribution in [0.5, 0.6) is 5.75 Å². The van der Waals surface area contributed by atoms with E-state index < -0.39 is 10.0 Å². The standard InChI is InChI=1S/C14H19NO3S/c16-13-3-1-11(2-4-13)12-7-9-15(10-8-12)19(17,18)14-5-6-14/h1-4,12,14,16H,5-10H2. The molecule has 1 aromatic rings. The van der Waals surface area contributed by atoms with Gasteiger partial charge in [0.15, 0.2) is 0 Å². The van der Waals surface area contributed by atoms with Crippen LogP contribution in [0.2, 0.25) is 0 Å². The van der Waals surface area contributed by atoms with E-state index in [-0.39, 0.29) is 11.0 Å². The van der Waals surface area contributed by atoms with E-state index in [0.717, 1.165) is 25.7 Å². The zero-order valence-corrected chi connectivity index (χ0v) is 11.6. The zero-order valence-electron chi connectivity index (χ0n) is 10.8. The number of aromatic hydroxyl groups is 1. The van der Waals surface area contributed by atoms with E-state index in [1.54, 1.807) is 16.4 Å². The van der Waals surface area contributed by atoms with Crippen molar-refractivity contribution in [2.75, 3.05) is 13.1 Å². The molecule has 0 atom stereocenters. The van der Waals surface area contributed by atoms with Gasteiger partial charge in [0.05, 0.1) is 5.25 Å². The maximum Gasteiger partial charge on any atom is 0.216 e. The van der Waals surface area contributed by atoms with Crippen molar-refractivity contribution in [1.29, 1.82) is 0 Å². The summed E-state index contributed by atoms with van der Waals surface area (Å²) in [6, 6.07) is 7.27. The van der Waals surface area contributed by atoms with Gasteiger partial charge in [0, 0.05) is 13.1 Å². The van der Waals surface area contributed by atoms with E-state index in [0.29, 0.717) is 19.0 Å². The van der Waals surface area contributed by atoms with Crippen LogP contribution in [0, 0.1) is 0 Å². The molecule has 5 heteroatoms. The highest BCUT2D eigenvalue weighted by Crippen LogP contribution is 2.35. The Kier molecular flexibility index (Phi) is 3.27. The molecule has 104 valence electrons. The van der Waals surface area contributed by atoms with E-state index in [2.05, 4.69) is 0 Å². The Labute approximate surface area is 114 Å². The summed E-state index contributed by atoms with van der Waals surface area (Å²) in [6.07, 6.45) is 3.41. The molecule has 1 aromatic carbocycles. The van der Waals surface area contributed by atoms with Gasteiger partial charge in [-0.25, -0.2) is 12.7 Å². The summed E-state index contributed by atoms with van der Waals surface area (Å²) in [6.45, 7) is 1.26. The Morgan fingerprint density at radius 3 is 2.11 bits per heavy atom. The highest BCUT2D eigenvalue weighted by Gasteiger charge is 2.41. The first-order valence-corrected chi connectivity index (χ1v) is 8.35. The van der Waals surface area contributed by atoms with Crippen LogP contribution in [-0.2, 0) is 10.0 Å². The molecule has 2 fully saturated rings. The molecule has 0 aromatic heterocycles. The van der Waals surface area contributed by atoms with Crippen LogP contribution in [-0.4, -0.2) is 36.2 Å². The van der Waals surface area contributed by atoms with Gasteiger partial charge in [-0.2, -0.15) is 0 Å². The lowest BCUT2D eigenvalue weighted by Gasteiger charge is -2.31. The van der Waals surface area contributed by atoms with Crippen molar-refractivity contribution in [3.63, 3.8) is 0 Å². The molecule has 1 saturated carbocycles. The molecule has 4 nitrogen and oxygen atoms in total. The lowest BCUT2D eigenvalue weighted by molar-refractivity contribution is 0.319. The predicted octanol–water partition coefficient (Wildman–Crippen LogP) is 2.06. The maximum atomic E-state index is 12.1. The molecule has 0 radical (unpaired) electrons. The second-order valence-corrected chi connectivity index (χ2v) is 7.72. The second-order valence-electron chi connectivity index (χ2n) is 5.51. The third-order valence-electron chi connectivity index (χ3n) is 4.12. The maximum absolute atomic E-state index is 12.1. The highest BCUT2D eigenvalue weighted by atomic mass is 32.2. The number of phenols is 1. The average molecular weight is 281 g/mol. The molecule has 1 heterocycles. The molecular formula is C14H19NO3S. The fourth-order valence-corrected chi connectivity index (χ4v) is 4.64. The van der Waals surface area contributed by atoms with Crippen molar-refractivity contribution in [3.8, 4) is 5.75 Å². The number of sulfonamides is 1. The highest BCUT2D eigenvalue weighted by molar-refractivity contribution is 7.90. The Balaban J connectivity index is 1.64. The van der Waals surface area contributed by atoms with Crippen molar-refractivity contribution < 1.29 is 13.5 Å². The minimum Gasteiger partial charge on any atom is -0.508 e. The van der Waals surface area contributed by atoms with E-state index in [4.69, 9.17) is 0 Å². The van der Waals surface area contributed by atoms with Gasteiger partial charge in [0.2, 0.25) is 10.0 Å². The van der Waals surface area contributed by atoms with Gasteiger partial charge in [-0.05, 0) is 49.3 Å². The first-order chi connectivity index (χ1) is 9.07. The Morgan fingerprint density at radius 2 is 1.58 bits per heavy atom. The first-order valence-electron chi connectivity index (χ1n) is 6.85. The van der Waals surface area contributed by atoms with Crippen LogP contribution >= 0.6 is 0 Å². The summed E-state index contributed by atoms with van der Waals surface area (Å²) < 4.78 is 25.9. The van der Waals surface area contributed by atoms with Crippen LogP contribution in [0.3, 0.4) is 0 Å². The Hall–Kier alpha value is -1.07. The van der Waals surface area contributed by atoms with Gasteiger partial charge in [-0.1, -0.05) is 12.1 Å². The third kappa shape index (κ3) is 2.62. The van der Waals surface area contributed by atoms with Crippen LogP contribution in [0.1, 0.15) is 37.2 Å². The molecule has 0 spiro atoms. The largest absolute Gasteiger partial charge is 0.508 e. The molecule has 0 unspecified atom stereocenters. The van der Waals surface area contributed by atoms with Crippen molar-refractivity contribution in [2.24, 2.45) is 0 Å². The molecule has 3 rings (SSSR count). The van der Waals surface area contributed by atoms with E-state index in [1.807, 2.05) is 12.1 Å². The van der Waals surface area contributed by atoms with Crippen LogP contribution in [0.25, 0.3) is 0 Å². The van der Waals surface area contributed by atoms with E-state index >= 15 is 0 Å². The number of rotatable bonds is 3. The van der Waals surface area contributed by atoms with E-state index in [1.165, 1.54) is 5.56 Å². The Morgan fingerprint density at radius 1 is 1.00 bits per heavy atom. The molecule has 0 bridgehead atoms. The van der Waals surface area contributed by atoms with Gasteiger partial charge in [-0.15, -0.1) is 0 Å². The normalized spacial score (nSPS) is 22.5. The molecular weight excluding hydrogens is 262 g/mol. The number of hydrogen-bond acceptors (Lipinski definition) is 3. The zero-order chi connectivity index (χ0) is 13.5. The van der Waals surface area contributed by atoms with Crippen molar-refractivity contribution in [1.82, 2.24) is 4.31 Å². The third-order valence-corrected chi connectivity index (χ3v) is 6.52. The monoisotopic (exact) mass is 281 g/mol. The summed E-state index contributed by atoms with van der Waals surface area (Å²) in [5.74, 6) is 0.684. The SMILES string of the molecule is O=S(=O)(C1CC1)N1CCC(c2ccc(O)cc2)CC1. The molecule has 1 aliphatic carbocycles. The summed E-state index contributed by atoms with van der Waals surface area (Å²) in [4.78, 5) is 0. The van der Waals surface area contributed by atoms with Gasteiger partial charge in [0.25, 0.3) is 0 Å². The molecule has 1 N–H and O–H groups in total. The topological polar surface area (TPSA) is 57.6 Å². The molecule has 1 aliphatic heterocycles. The summed E-state index contributed by atoms with van der Waals surface area (Å²) >= 11 is 0. The quantitative estimate of drug-likeness (QED) is 0.922. The minimum atomic E-state index is -3.01. The van der Waals surface area contributed by atoms with Crippen molar-refractivity contribution >= 4 is 10.0 Å². The smallest absolute Gasteiger partial charge is 0.216 e. The van der Waals surface area contributed by atoms with Crippen LogP contribution in [0.15, 0.2) is 24.3 Å². The van der Waals surface area contributed by atoms with Gasteiger partial charge < -0.3 is 5.11 Å². The van der Waals surface area contributed by atoms with Gasteiger partial charge >= 0.3 is 0 Å². The van der Waals surface area contributed by atoms with Crippen molar-refractivity contribution in [3.05, 3.63) is 29.8 Å². The molecule has 0 amide bonds. The first kappa shape index (κ1) is 12.9. The number of benzene rings is 1. The molecule has 2 aliphatic rings. The Bertz CT molecular complexity index is 541. The molecule has 1 saturated heterocycles. The average Bonchev–Trinajstić information content (AvgIpc) is 3.24. The van der Waals surface area contributed by atoms with Crippen molar-refractivity contribution in [2.45, 2.75) is 36.9 Å². The van der Waals surface area contributed by atoms with Gasteiger partial charge in [0.1, 0.15) is 5.75 Å². The summed E-state index contributed by atoms with van der Waals surface area (Å²) in [7, 11) is -3.01.